The third kappa shape index (κ3) is 3.93. The molecule has 1 saturated heterocycles. The molecule has 0 N–H and O–H groups in total. The van der Waals surface area contributed by atoms with Gasteiger partial charge in [-0.05, 0) is 43.5 Å². The number of benzene rings is 1. The SMILES string of the molecule is O=S(=O)(c1ccc(OC(F)(F)F)cc1)N1CCC(n2cc(C3CC3)nn2)C1. The summed E-state index contributed by atoms with van der Waals surface area (Å²) in [5.74, 6) is 0.00777. The lowest BCUT2D eigenvalue weighted by atomic mass is 10.2. The lowest BCUT2D eigenvalue weighted by Crippen LogP contribution is -2.29. The van der Waals surface area contributed by atoms with Crippen molar-refractivity contribution in [2.45, 2.75) is 42.5 Å². The Hall–Kier alpha value is -2.14. The highest BCUT2D eigenvalue weighted by molar-refractivity contribution is 7.89. The van der Waals surface area contributed by atoms with E-state index in [1.807, 2.05) is 6.20 Å². The number of rotatable bonds is 5. The zero-order valence-corrected chi connectivity index (χ0v) is 14.9. The fourth-order valence-corrected chi connectivity index (χ4v) is 4.63. The van der Waals surface area contributed by atoms with Crippen molar-refractivity contribution in [2.24, 2.45) is 0 Å². The fourth-order valence-electron chi connectivity index (χ4n) is 3.14. The van der Waals surface area contributed by atoms with Gasteiger partial charge in [0.25, 0.3) is 0 Å². The summed E-state index contributed by atoms with van der Waals surface area (Å²) in [4.78, 5) is -0.0741. The quantitative estimate of drug-likeness (QED) is 0.769. The van der Waals surface area contributed by atoms with Crippen LogP contribution in [0.15, 0.2) is 35.4 Å². The Kier molecular flexibility index (Phi) is 4.38. The van der Waals surface area contributed by atoms with Gasteiger partial charge in [0.1, 0.15) is 5.75 Å². The minimum atomic E-state index is -4.82. The van der Waals surface area contributed by atoms with Crippen LogP contribution in [0.2, 0.25) is 0 Å². The lowest BCUT2D eigenvalue weighted by Gasteiger charge is -2.17. The van der Waals surface area contributed by atoms with Gasteiger partial charge in [0.05, 0.1) is 16.6 Å². The van der Waals surface area contributed by atoms with Gasteiger partial charge in [0.15, 0.2) is 0 Å². The van der Waals surface area contributed by atoms with Crippen molar-refractivity contribution in [3.8, 4) is 5.75 Å². The van der Waals surface area contributed by atoms with Crippen LogP contribution in [0.1, 0.15) is 36.9 Å². The van der Waals surface area contributed by atoms with Gasteiger partial charge < -0.3 is 4.74 Å². The third-order valence-electron chi connectivity index (χ3n) is 4.72. The first-order valence-electron chi connectivity index (χ1n) is 8.50. The Morgan fingerprint density at radius 1 is 1.11 bits per heavy atom. The molecule has 1 aromatic carbocycles. The summed E-state index contributed by atoms with van der Waals surface area (Å²) in [5.41, 5.74) is 0.941. The maximum Gasteiger partial charge on any atom is 0.573 e. The highest BCUT2D eigenvalue weighted by atomic mass is 32.2. The molecular formula is C16H17F3N4O3S. The first-order chi connectivity index (χ1) is 12.7. The fraction of sp³-hybridized carbons (Fsp3) is 0.500. The molecule has 1 aromatic heterocycles. The molecule has 1 aliphatic carbocycles. The van der Waals surface area contributed by atoms with Crippen LogP contribution >= 0.6 is 0 Å². The van der Waals surface area contributed by atoms with Gasteiger partial charge in [-0.25, -0.2) is 13.1 Å². The predicted octanol–water partition coefficient (Wildman–Crippen LogP) is 2.69. The van der Waals surface area contributed by atoms with Crippen molar-refractivity contribution in [2.75, 3.05) is 13.1 Å². The zero-order valence-electron chi connectivity index (χ0n) is 14.1. The average molecular weight is 402 g/mol. The van der Waals surface area contributed by atoms with Gasteiger partial charge >= 0.3 is 6.36 Å². The van der Waals surface area contributed by atoms with E-state index in [0.29, 0.717) is 18.9 Å². The molecule has 0 radical (unpaired) electrons. The topological polar surface area (TPSA) is 77.3 Å². The molecule has 4 rings (SSSR count). The van der Waals surface area contributed by atoms with Crippen LogP contribution in [0, 0.1) is 0 Å². The van der Waals surface area contributed by atoms with Crippen LogP contribution in [0.3, 0.4) is 0 Å². The number of ether oxygens (including phenoxy) is 1. The van der Waals surface area contributed by atoms with E-state index in [1.54, 1.807) is 4.68 Å². The minimum absolute atomic E-state index is 0.0741. The summed E-state index contributed by atoms with van der Waals surface area (Å²) < 4.78 is 69.0. The Morgan fingerprint density at radius 2 is 1.81 bits per heavy atom. The monoisotopic (exact) mass is 402 g/mol. The summed E-state index contributed by atoms with van der Waals surface area (Å²) in [6.07, 6.45) is -0.126. The van der Waals surface area contributed by atoms with E-state index in [4.69, 9.17) is 0 Å². The van der Waals surface area contributed by atoms with Crippen molar-refractivity contribution in [1.29, 1.82) is 0 Å². The molecule has 0 amide bonds. The van der Waals surface area contributed by atoms with Crippen LogP contribution < -0.4 is 4.74 Å². The van der Waals surface area contributed by atoms with Crippen molar-refractivity contribution < 1.29 is 26.3 Å². The van der Waals surface area contributed by atoms with Crippen LogP contribution in [-0.4, -0.2) is 47.2 Å². The van der Waals surface area contributed by atoms with E-state index in [1.165, 1.54) is 4.31 Å². The van der Waals surface area contributed by atoms with Crippen LogP contribution in [-0.2, 0) is 10.0 Å². The third-order valence-corrected chi connectivity index (χ3v) is 6.60. The molecule has 1 atom stereocenters. The van der Waals surface area contributed by atoms with Crippen LogP contribution in [0.25, 0.3) is 0 Å². The van der Waals surface area contributed by atoms with E-state index in [0.717, 1.165) is 42.8 Å². The van der Waals surface area contributed by atoms with Crippen LogP contribution in [0.5, 0.6) is 5.75 Å². The van der Waals surface area contributed by atoms with Gasteiger partial charge in [-0.15, -0.1) is 18.3 Å². The predicted molar refractivity (Wildman–Crippen MR) is 87.5 cm³/mol. The lowest BCUT2D eigenvalue weighted by molar-refractivity contribution is -0.274. The van der Waals surface area contributed by atoms with E-state index >= 15 is 0 Å². The van der Waals surface area contributed by atoms with Crippen LogP contribution in [0.4, 0.5) is 13.2 Å². The number of aromatic nitrogens is 3. The summed E-state index contributed by atoms with van der Waals surface area (Å²) in [6.45, 7) is 0.559. The molecule has 146 valence electrons. The molecule has 1 saturated carbocycles. The molecule has 2 heterocycles. The van der Waals surface area contributed by atoms with E-state index in [2.05, 4.69) is 15.0 Å². The highest BCUT2D eigenvalue weighted by Gasteiger charge is 2.35. The van der Waals surface area contributed by atoms with Gasteiger partial charge in [-0.3, -0.25) is 0 Å². The zero-order chi connectivity index (χ0) is 19.2. The first-order valence-corrected chi connectivity index (χ1v) is 9.94. The van der Waals surface area contributed by atoms with E-state index < -0.39 is 22.1 Å². The van der Waals surface area contributed by atoms with Gasteiger partial charge in [-0.1, -0.05) is 5.21 Å². The largest absolute Gasteiger partial charge is 0.573 e. The molecule has 2 aliphatic rings. The maximum atomic E-state index is 12.7. The highest BCUT2D eigenvalue weighted by Crippen LogP contribution is 2.39. The van der Waals surface area contributed by atoms with Gasteiger partial charge in [0, 0.05) is 25.2 Å². The van der Waals surface area contributed by atoms with E-state index in [9.17, 15) is 21.6 Å². The van der Waals surface area contributed by atoms with Gasteiger partial charge in [-0.2, -0.15) is 4.31 Å². The number of sulfonamides is 1. The minimum Gasteiger partial charge on any atom is -0.406 e. The van der Waals surface area contributed by atoms with Crippen molar-refractivity contribution >= 4 is 10.0 Å². The Balaban J connectivity index is 1.45. The second-order valence-corrected chi connectivity index (χ2v) is 8.66. The summed E-state index contributed by atoms with van der Waals surface area (Å²) in [7, 11) is -3.80. The average Bonchev–Trinajstić information content (AvgIpc) is 3.12. The van der Waals surface area contributed by atoms with Crippen molar-refractivity contribution in [1.82, 2.24) is 19.3 Å². The number of hydrogen-bond donors (Lipinski definition) is 0. The smallest absolute Gasteiger partial charge is 0.406 e. The summed E-state index contributed by atoms with van der Waals surface area (Å²) in [6, 6.07) is 4.11. The second-order valence-electron chi connectivity index (χ2n) is 6.72. The van der Waals surface area contributed by atoms with Crippen molar-refractivity contribution in [3.63, 3.8) is 0 Å². The number of nitrogens with zero attached hydrogens (tertiary/aromatic N) is 4. The molecule has 0 spiro atoms. The molecule has 2 aromatic rings. The Labute approximate surface area is 153 Å². The second kappa shape index (κ2) is 6.48. The summed E-state index contributed by atoms with van der Waals surface area (Å²) >= 11 is 0. The molecule has 0 bridgehead atoms. The Morgan fingerprint density at radius 3 is 2.44 bits per heavy atom. The molecule has 27 heavy (non-hydrogen) atoms. The molecule has 11 heteroatoms. The molecule has 1 aliphatic heterocycles. The Bertz CT molecular complexity index is 923. The maximum absolute atomic E-state index is 12.7. The number of hydrogen-bond acceptors (Lipinski definition) is 5. The molecule has 7 nitrogen and oxygen atoms in total. The standard InChI is InChI=1S/C16H17F3N4O3S/c17-16(18,19)26-13-3-5-14(6-4-13)27(24,25)22-8-7-12(9-22)23-10-15(20-21-23)11-1-2-11/h3-6,10-12H,1-2,7-9H2. The molecule has 1 unspecified atom stereocenters. The normalized spacial score (nSPS) is 21.5. The number of halogens is 3. The van der Waals surface area contributed by atoms with Gasteiger partial charge in [0.2, 0.25) is 10.0 Å². The van der Waals surface area contributed by atoms with Crippen molar-refractivity contribution in [3.05, 3.63) is 36.2 Å². The van der Waals surface area contributed by atoms with E-state index in [-0.39, 0.29) is 17.5 Å². The number of alkyl halides is 3. The summed E-state index contributed by atoms with van der Waals surface area (Å²) in [5, 5.41) is 8.26. The molecule has 2 fully saturated rings. The first kappa shape index (κ1) is 18.2. The molecular weight excluding hydrogens is 385 g/mol.